The predicted octanol–water partition coefficient (Wildman–Crippen LogP) is 3.50. The van der Waals surface area contributed by atoms with E-state index in [2.05, 4.69) is 20.6 Å². The van der Waals surface area contributed by atoms with Crippen LogP contribution in [0.25, 0.3) is 0 Å². The van der Waals surface area contributed by atoms with Gasteiger partial charge in [0.2, 0.25) is 0 Å². The third-order valence-electron chi connectivity index (χ3n) is 3.25. The topological polar surface area (TPSA) is 76.1 Å². The first kappa shape index (κ1) is 16.9. The smallest absolute Gasteiger partial charge is 0.321 e. The number of thiazole rings is 2. The zero-order chi connectivity index (χ0) is 16.2. The molecule has 0 fully saturated rings. The fourth-order valence-corrected chi connectivity index (χ4v) is 3.54. The first-order chi connectivity index (χ1) is 10.5. The van der Waals surface area contributed by atoms with E-state index in [1.807, 2.05) is 31.5 Å². The SMILES string of the molecule is CCC(C)(NC(=O)Nc1nc(COC)cs1)c1nc(C)cs1. The maximum atomic E-state index is 12.2. The van der Waals surface area contributed by atoms with Crippen LogP contribution in [0.3, 0.4) is 0 Å². The van der Waals surface area contributed by atoms with Crippen molar-refractivity contribution in [2.24, 2.45) is 0 Å². The van der Waals surface area contributed by atoms with Gasteiger partial charge in [-0.15, -0.1) is 22.7 Å². The van der Waals surface area contributed by atoms with Crippen LogP contribution in [0.5, 0.6) is 0 Å². The van der Waals surface area contributed by atoms with Crippen molar-refractivity contribution in [3.63, 3.8) is 0 Å². The molecule has 2 amide bonds. The average Bonchev–Trinajstić information content (AvgIpc) is 3.08. The van der Waals surface area contributed by atoms with E-state index >= 15 is 0 Å². The summed E-state index contributed by atoms with van der Waals surface area (Å²) in [7, 11) is 1.61. The van der Waals surface area contributed by atoms with Gasteiger partial charge in [0.05, 0.1) is 17.8 Å². The number of rotatable bonds is 6. The second-order valence-corrected chi connectivity index (χ2v) is 6.85. The van der Waals surface area contributed by atoms with Gasteiger partial charge in [0, 0.05) is 23.6 Å². The number of hydrogen-bond acceptors (Lipinski definition) is 6. The molecule has 0 aromatic carbocycles. The van der Waals surface area contributed by atoms with E-state index < -0.39 is 5.54 Å². The van der Waals surface area contributed by atoms with E-state index in [1.165, 1.54) is 11.3 Å². The van der Waals surface area contributed by atoms with Gasteiger partial charge in [0.25, 0.3) is 0 Å². The third kappa shape index (κ3) is 4.02. The number of nitrogens with zero attached hydrogens (tertiary/aromatic N) is 2. The summed E-state index contributed by atoms with van der Waals surface area (Å²) in [5.41, 5.74) is 1.28. The molecule has 0 saturated heterocycles. The Bertz CT molecular complexity index is 640. The van der Waals surface area contributed by atoms with E-state index in [0.717, 1.165) is 22.8 Å². The molecule has 0 spiro atoms. The second kappa shape index (κ2) is 7.17. The van der Waals surface area contributed by atoms with Crippen LogP contribution in [0, 0.1) is 6.92 Å². The van der Waals surface area contributed by atoms with Gasteiger partial charge in [-0.3, -0.25) is 5.32 Å². The monoisotopic (exact) mass is 340 g/mol. The highest BCUT2D eigenvalue weighted by atomic mass is 32.1. The molecule has 1 unspecified atom stereocenters. The summed E-state index contributed by atoms with van der Waals surface area (Å²) in [6.07, 6.45) is 0.750. The van der Waals surface area contributed by atoms with Crippen molar-refractivity contribution in [1.82, 2.24) is 15.3 Å². The van der Waals surface area contributed by atoms with Crippen LogP contribution < -0.4 is 10.6 Å². The summed E-state index contributed by atoms with van der Waals surface area (Å²) in [5.74, 6) is 0. The van der Waals surface area contributed by atoms with E-state index in [4.69, 9.17) is 4.74 Å². The predicted molar refractivity (Wildman–Crippen MR) is 89.5 cm³/mol. The first-order valence-electron chi connectivity index (χ1n) is 6.92. The lowest BCUT2D eigenvalue weighted by Gasteiger charge is -2.27. The van der Waals surface area contributed by atoms with Crippen molar-refractivity contribution in [2.45, 2.75) is 39.3 Å². The molecule has 2 rings (SSSR count). The van der Waals surface area contributed by atoms with Crippen molar-refractivity contribution in [3.8, 4) is 0 Å². The second-order valence-electron chi connectivity index (χ2n) is 5.14. The molecule has 0 radical (unpaired) electrons. The van der Waals surface area contributed by atoms with Gasteiger partial charge in [0.15, 0.2) is 5.13 Å². The largest absolute Gasteiger partial charge is 0.378 e. The Morgan fingerprint density at radius 2 is 2.14 bits per heavy atom. The van der Waals surface area contributed by atoms with Crippen molar-refractivity contribution >= 4 is 33.8 Å². The highest BCUT2D eigenvalue weighted by Gasteiger charge is 2.30. The maximum absolute atomic E-state index is 12.2. The van der Waals surface area contributed by atoms with Gasteiger partial charge >= 0.3 is 6.03 Å². The number of nitrogens with one attached hydrogen (secondary N) is 2. The number of anilines is 1. The summed E-state index contributed by atoms with van der Waals surface area (Å²) in [6, 6.07) is -0.282. The molecule has 2 heterocycles. The van der Waals surface area contributed by atoms with E-state index in [1.54, 1.807) is 18.4 Å². The molecule has 0 aliphatic carbocycles. The summed E-state index contributed by atoms with van der Waals surface area (Å²) in [6.45, 7) is 6.38. The Balaban J connectivity index is 2.02. The molecular weight excluding hydrogens is 320 g/mol. The quantitative estimate of drug-likeness (QED) is 0.844. The Morgan fingerprint density at radius 3 is 2.73 bits per heavy atom. The first-order valence-corrected chi connectivity index (χ1v) is 8.68. The molecule has 0 aliphatic rings. The highest BCUT2D eigenvalue weighted by molar-refractivity contribution is 7.14. The molecule has 0 aliphatic heterocycles. The lowest BCUT2D eigenvalue weighted by atomic mass is 10.0. The normalized spacial score (nSPS) is 13.6. The Labute approximate surface area is 138 Å². The molecule has 22 heavy (non-hydrogen) atoms. The number of aryl methyl sites for hydroxylation is 1. The van der Waals surface area contributed by atoms with Crippen molar-refractivity contribution in [2.75, 3.05) is 12.4 Å². The minimum atomic E-state index is -0.490. The van der Waals surface area contributed by atoms with Crippen LogP contribution in [0.15, 0.2) is 10.8 Å². The molecule has 1 atom stereocenters. The minimum absolute atomic E-state index is 0.282. The number of methoxy groups -OCH3 is 1. The summed E-state index contributed by atoms with van der Waals surface area (Å²) in [4.78, 5) is 21.0. The Kier molecular flexibility index (Phi) is 5.49. The van der Waals surface area contributed by atoms with Crippen molar-refractivity contribution in [3.05, 3.63) is 27.2 Å². The Morgan fingerprint density at radius 1 is 1.36 bits per heavy atom. The zero-order valence-electron chi connectivity index (χ0n) is 13.1. The van der Waals surface area contributed by atoms with Gasteiger partial charge in [-0.1, -0.05) is 6.92 Å². The summed E-state index contributed by atoms with van der Waals surface area (Å²) < 4.78 is 5.01. The summed E-state index contributed by atoms with van der Waals surface area (Å²) >= 11 is 2.93. The van der Waals surface area contributed by atoms with Gasteiger partial charge in [-0.05, 0) is 20.3 Å². The van der Waals surface area contributed by atoms with Crippen molar-refractivity contribution < 1.29 is 9.53 Å². The zero-order valence-corrected chi connectivity index (χ0v) is 14.7. The number of ether oxygens (including phenoxy) is 1. The standard InChI is InChI=1S/C14H20N4O2S2/c1-5-14(3,11-15-9(2)7-21-11)18-12(19)17-13-16-10(6-20-4)8-22-13/h7-8H,5-6H2,1-4H3,(H2,16,17,18,19). The number of carbonyl (C=O) groups is 1. The molecule has 8 heteroatoms. The average molecular weight is 340 g/mol. The van der Waals surface area contributed by atoms with Crippen LogP contribution in [0.1, 0.15) is 36.7 Å². The fourth-order valence-electron chi connectivity index (χ4n) is 1.86. The lowest BCUT2D eigenvalue weighted by molar-refractivity contribution is 0.182. The number of hydrogen-bond donors (Lipinski definition) is 2. The molecule has 2 aromatic rings. The number of amides is 2. The Hall–Kier alpha value is -1.51. The van der Waals surface area contributed by atoms with Crippen LogP contribution in [0.2, 0.25) is 0 Å². The van der Waals surface area contributed by atoms with Crippen LogP contribution in [-0.4, -0.2) is 23.1 Å². The molecular formula is C14H20N4O2S2. The van der Waals surface area contributed by atoms with Gasteiger partial charge < -0.3 is 10.1 Å². The van der Waals surface area contributed by atoms with Crippen molar-refractivity contribution in [1.29, 1.82) is 0 Å². The van der Waals surface area contributed by atoms with Crippen LogP contribution >= 0.6 is 22.7 Å². The molecule has 6 nitrogen and oxygen atoms in total. The van der Waals surface area contributed by atoms with Gasteiger partial charge in [-0.25, -0.2) is 14.8 Å². The molecule has 0 saturated carbocycles. The minimum Gasteiger partial charge on any atom is -0.378 e. The van der Waals surface area contributed by atoms with E-state index in [9.17, 15) is 4.79 Å². The fraction of sp³-hybridized carbons (Fsp3) is 0.500. The van der Waals surface area contributed by atoms with E-state index in [0.29, 0.717) is 11.7 Å². The lowest BCUT2D eigenvalue weighted by Crippen LogP contribution is -2.45. The maximum Gasteiger partial charge on any atom is 0.321 e. The van der Waals surface area contributed by atoms with E-state index in [-0.39, 0.29) is 6.03 Å². The molecule has 2 N–H and O–H groups in total. The highest BCUT2D eigenvalue weighted by Crippen LogP contribution is 2.27. The number of carbonyl (C=O) groups excluding carboxylic acids is 1. The molecule has 0 bridgehead atoms. The molecule has 2 aromatic heterocycles. The van der Waals surface area contributed by atoms with Crippen LogP contribution in [-0.2, 0) is 16.9 Å². The third-order valence-corrected chi connectivity index (χ3v) is 5.28. The van der Waals surface area contributed by atoms with Crippen LogP contribution in [0.4, 0.5) is 9.93 Å². The molecule has 120 valence electrons. The number of urea groups is 1. The summed E-state index contributed by atoms with van der Waals surface area (Å²) in [5, 5.41) is 11.1. The van der Waals surface area contributed by atoms with Gasteiger partial charge in [0.1, 0.15) is 5.01 Å². The van der Waals surface area contributed by atoms with Gasteiger partial charge in [-0.2, -0.15) is 0 Å². The number of aromatic nitrogens is 2.